The number of hydrogen-bond acceptors (Lipinski definition) is 8. The number of likely N-dealkylation sites (tertiary alicyclic amines) is 1. The first-order chi connectivity index (χ1) is 17.9. The molecule has 0 bridgehead atoms. The van der Waals surface area contributed by atoms with E-state index in [9.17, 15) is 4.79 Å². The lowest BCUT2D eigenvalue weighted by Gasteiger charge is -2.30. The zero-order chi connectivity index (χ0) is 26.1. The zero-order valence-corrected chi connectivity index (χ0v) is 22.5. The summed E-state index contributed by atoms with van der Waals surface area (Å²) in [4.78, 5) is 24.7. The number of anilines is 2. The van der Waals surface area contributed by atoms with Gasteiger partial charge in [-0.3, -0.25) is 4.79 Å². The molecule has 37 heavy (non-hydrogen) atoms. The number of carbonyl (C=O) groups excluding carboxylic acids is 1. The van der Waals surface area contributed by atoms with Gasteiger partial charge in [0.25, 0.3) is 5.91 Å². The van der Waals surface area contributed by atoms with E-state index in [2.05, 4.69) is 42.0 Å². The quantitative estimate of drug-likeness (QED) is 0.330. The van der Waals surface area contributed by atoms with Crippen molar-refractivity contribution in [3.8, 4) is 16.9 Å². The van der Waals surface area contributed by atoms with Gasteiger partial charge in [0.05, 0.1) is 29.2 Å². The summed E-state index contributed by atoms with van der Waals surface area (Å²) in [6.45, 7) is 9.74. The lowest BCUT2D eigenvalue weighted by molar-refractivity contribution is 0.100. The van der Waals surface area contributed by atoms with Gasteiger partial charge in [-0.25, -0.2) is 14.6 Å². The molecule has 1 saturated heterocycles. The largest absolute Gasteiger partial charge is 0.496 e. The van der Waals surface area contributed by atoms with Gasteiger partial charge < -0.3 is 20.7 Å². The molecule has 1 aliphatic rings. The SMILES string of the molecule is CCN1CCC(c2cc(Nc3ncc4sc(C(N)=O)c(-c5ccccc5OC)c4n3)n(C(C)C)n2)CC1. The minimum absolute atomic E-state index is 0.169. The monoisotopic (exact) mass is 519 g/mol. The van der Waals surface area contributed by atoms with Crippen LogP contribution >= 0.6 is 11.3 Å². The Morgan fingerprint density at radius 2 is 2.03 bits per heavy atom. The number of benzene rings is 1. The number of primary amides is 1. The summed E-state index contributed by atoms with van der Waals surface area (Å²) >= 11 is 1.29. The van der Waals surface area contributed by atoms with E-state index in [-0.39, 0.29) is 6.04 Å². The Morgan fingerprint density at radius 3 is 2.70 bits per heavy atom. The molecule has 0 unspecified atom stereocenters. The molecule has 0 radical (unpaired) electrons. The Kier molecular flexibility index (Phi) is 7.12. The van der Waals surface area contributed by atoms with Crippen LogP contribution in [0, 0.1) is 0 Å². The molecule has 3 N–H and O–H groups in total. The van der Waals surface area contributed by atoms with E-state index >= 15 is 0 Å². The Bertz CT molecular complexity index is 1420. The van der Waals surface area contributed by atoms with Crippen molar-refractivity contribution in [1.82, 2.24) is 24.6 Å². The summed E-state index contributed by atoms with van der Waals surface area (Å²) in [6, 6.07) is 9.86. The van der Waals surface area contributed by atoms with Crippen LogP contribution < -0.4 is 15.8 Å². The highest BCUT2D eigenvalue weighted by Crippen LogP contribution is 2.41. The highest BCUT2D eigenvalue weighted by molar-refractivity contribution is 7.21. The zero-order valence-electron chi connectivity index (χ0n) is 21.7. The maximum atomic E-state index is 12.4. The maximum Gasteiger partial charge on any atom is 0.259 e. The van der Waals surface area contributed by atoms with Gasteiger partial charge in [0, 0.05) is 29.2 Å². The fourth-order valence-corrected chi connectivity index (χ4v) is 5.97. The molecule has 1 aromatic carbocycles. The van der Waals surface area contributed by atoms with Crippen molar-refractivity contribution in [3.63, 3.8) is 0 Å². The second-order valence-electron chi connectivity index (χ2n) is 9.60. The summed E-state index contributed by atoms with van der Waals surface area (Å²) in [5, 5.41) is 8.36. The van der Waals surface area contributed by atoms with Crippen molar-refractivity contribution < 1.29 is 9.53 Å². The van der Waals surface area contributed by atoms with Gasteiger partial charge in [-0.05, 0) is 52.4 Å². The molecule has 5 rings (SSSR count). The van der Waals surface area contributed by atoms with Crippen molar-refractivity contribution in [2.45, 2.75) is 45.6 Å². The molecule has 1 fully saturated rings. The van der Waals surface area contributed by atoms with E-state index < -0.39 is 5.91 Å². The first-order valence-electron chi connectivity index (χ1n) is 12.7. The highest BCUT2D eigenvalue weighted by Gasteiger charge is 2.25. The van der Waals surface area contributed by atoms with Gasteiger partial charge in [0.15, 0.2) is 0 Å². The summed E-state index contributed by atoms with van der Waals surface area (Å²) in [7, 11) is 1.61. The predicted molar refractivity (Wildman–Crippen MR) is 148 cm³/mol. The summed E-state index contributed by atoms with van der Waals surface area (Å²) < 4.78 is 8.35. The maximum absolute atomic E-state index is 12.4. The van der Waals surface area contributed by atoms with Crippen LogP contribution in [0.25, 0.3) is 21.3 Å². The molecule has 4 aromatic rings. The lowest BCUT2D eigenvalue weighted by atomic mass is 9.94. The van der Waals surface area contributed by atoms with E-state index in [0.29, 0.717) is 33.6 Å². The molecule has 1 aliphatic heterocycles. The van der Waals surface area contributed by atoms with Crippen molar-refractivity contribution >= 4 is 39.2 Å². The van der Waals surface area contributed by atoms with Crippen molar-refractivity contribution in [2.75, 3.05) is 32.1 Å². The minimum Gasteiger partial charge on any atom is -0.496 e. The van der Waals surface area contributed by atoms with E-state index in [1.807, 2.05) is 28.9 Å². The third-order valence-corrected chi connectivity index (χ3v) is 8.10. The van der Waals surface area contributed by atoms with Gasteiger partial charge in [-0.15, -0.1) is 11.3 Å². The predicted octanol–water partition coefficient (Wildman–Crippen LogP) is 5.19. The van der Waals surface area contributed by atoms with Crippen LogP contribution in [-0.4, -0.2) is 57.3 Å². The molecule has 0 spiro atoms. The Labute approximate surface area is 220 Å². The second-order valence-corrected chi connectivity index (χ2v) is 10.7. The van der Waals surface area contributed by atoms with Crippen LogP contribution in [0.15, 0.2) is 36.5 Å². The van der Waals surface area contributed by atoms with Crippen LogP contribution in [0.2, 0.25) is 0 Å². The first kappa shape index (κ1) is 25.2. The molecular formula is C27H33N7O2S. The van der Waals surface area contributed by atoms with Gasteiger partial charge in [0.2, 0.25) is 5.95 Å². The number of methoxy groups -OCH3 is 1. The Hall–Kier alpha value is -3.50. The van der Waals surface area contributed by atoms with Crippen LogP contribution in [0.1, 0.15) is 60.9 Å². The number of thiophene rings is 1. The van der Waals surface area contributed by atoms with E-state index in [1.54, 1.807) is 13.3 Å². The number of aromatic nitrogens is 4. The molecule has 10 heteroatoms. The van der Waals surface area contributed by atoms with E-state index in [0.717, 1.165) is 54.3 Å². The van der Waals surface area contributed by atoms with E-state index in [4.69, 9.17) is 20.6 Å². The third-order valence-electron chi connectivity index (χ3n) is 6.97. The minimum atomic E-state index is -0.505. The second kappa shape index (κ2) is 10.5. The molecule has 0 aliphatic carbocycles. The fraction of sp³-hybridized carbons (Fsp3) is 0.407. The molecule has 0 atom stereocenters. The number of amides is 1. The van der Waals surface area contributed by atoms with Crippen LogP contribution in [0.5, 0.6) is 5.75 Å². The number of para-hydroxylation sites is 1. The number of piperidine rings is 1. The van der Waals surface area contributed by atoms with Crippen LogP contribution in [0.4, 0.5) is 11.8 Å². The third kappa shape index (κ3) is 4.91. The van der Waals surface area contributed by atoms with Crippen LogP contribution in [0.3, 0.4) is 0 Å². The number of ether oxygens (including phenoxy) is 1. The van der Waals surface area contributed by atoms with Crippen molar-refractivity contribution in [1.29, 1.82) is 0 Å². The number of nitrogens with one attached hydrogen (secondary N) is 1. The topological polar surface area (TPSA) is 111 Å². The van der Waals surface area contributed by atoms with Gasteiger partial charge in [0.1, 0.15) is 16.4 Å². The fourth-order valence-electron chi connectivity index (χ4n) is 4.99. The molecule has 0 saturated carbocycles. The number of fused-ring (bicyclic) bond motifs is 1. The molecule has 194 valence electrons. The normalized spacial score (nSPS) is 14.9. The Morgan fingerprint density at radius 1 is 1.27 bits per heavy atom. The average molecular weight is 520 g/mol. The smallest absolute Gasteiger partial charge is 0.259 e. The van der Waals surface area contributed by atoms with Gasteiger partial charge in [-0.2, -0.15) is 5.10 Å². The molecule has 9 nitrogen and oxygen atoms in total. The summed E-state index contributed by atoms with van der Waals surface area (Å²) in [5.41, 5.74) is 8.96. The number of nitrogens with zero attached hydrogens (tertiary/aromatic N) is 5. The highest BCUT2D eigenvalue weighted by atomic mass is 32.1. The number of rotatable bonds is 8. The summed E-state index contributed by atoms with van der Waals surface area (Å²) in [6.07, 6.45) is 3.95. The Balaban J connectivity index is 1.53. The standard InChI is InChI=1S/C27H33N7O2S/c1-5-33-12-10-17(11-13-33)19-14-22(34(32-19)16(2)3)30-27-29-15-21-24(31-27)23(25(37-21)26(28)35)18-8-6-7-9-20(18)36-4/h6-9,14-17H,5,10-13H2,1-4H3,(H2,28,35)(H,29,30,31). The van der Waals surface area contributed by atoms with Gasteiger partial charge in [-0.1, -0.05) is 25.1 Å². The average Bonchev–Trinajstić information content (AvgIpc) is 3.50. The van der Waals surface area contributed by atoms with Crippen molar-refractivity contribution in [2.24, 2.45) is 5.73 Å². The molecular weight excluding hydrogens is 486 g/mol. The molecule has 1 amide bonds. The van der Waals surface area contributed by atoms with Gasteiger partial charge >= 0.3 is 0 Å². The number of nitrogens with two attached hydrogens (primary N) is 1. The first-order valence-corrected chi connectivity index (χ1v) is 13.5. The molecule has 4 heterocycles. The molecule has 3 aromatic heterocycles. The van der Waals surface area contributed by atoms with E-state index in [1.165, 1.54) is 11.3 Å². The van der Waals surface area contributed by atoms with Crippen LogP contribution in [-0.2, 0) is 0 Å². The van der Waals surface area contributed by atoms with Crippen molar-refractivity contribution in [3.05, 3.63) is 47.1 Å². The summed E-state index contributed by atoms with van der Waals surface area (Å²) in [5.74, 6) is 1.88. The lowest BCUT2D eigenvalue weighted by Crippen LogP contribution is -2.32. The number of hydrogen-bond donors (Lipinski definition) is 2. The number of carbonyl (C=O) groups is 1.